The Kier molecular flexibility index (Phi) is 4.60. The molecule has 110 valence electrons. The summed E-state index contributed by atoms with van der Waals surface area (Å²) in [5, 5.41) is 21.1. The maximum Gasteiger partial charge on any atom is 0.326 e. The molecule has 1 atom stereocenters. The number of anilines is 1. The van der Waals surface area contributed by atoms with Gasteiger partial charge in [0, 0.05) is 18.8 Å². The number of carbonyl (C=O) groups is 2. The number of aromatic hydroxyl groups is 1. The van der Waals surface area contributed by atoms with Crippen LogP contribution in [0.5, 0.6) is 5.75 Å². The smallest absolute Gasteiger partial charge is 0.326 e. The van der Waals surface area contributed by atoms with Crippen LogP contribution >= 0.6 is 0 Å². The third-order valence-electron chi connectivity index (χ3n) is 2.90. The summed E-state index contributed by atoms with van der Waals surface area (Å²) in [5.41, 5.74) is -0.137. The van der Waals surface area contributed by atoms with Crippen LogP contribution in [0.4, 0.5) is 10.5 Å². The van der Waals surface area contributed by atoms with Gasteiger partial charge in [-0.3, -0.25) is 4.90 Å². The van der Waals surface area contributed by atoms with E-state index in [1.54, 1.807) is 32.9 Å². The second-order valence-electron chi connectivity index (χ2n) is 5.67. The SMILES string of the molecule is CN(C(=O)NC(C(=O)O)C(C)(C)C)c1cccc(O)c1. The van der Waals surface area contributed by atoms with E-state index in [4.69, 9.17) is 0 Å². The minimum absolute atomic E-state index is 0.0350. The van der Waals surface area contributed by atoms with E-state index in [0.29, 0.717) is 5.69 Å². The zero-order valence-corrected chi connectivity index (χ0v) is 12.0. The predicted octanol–water partition coefficient (Wildman–Crippen LogP) is 2.04. The van der Waals surface area contributed by atoms with Gasteiger partial charge in [0.15, 0.2) is 0 Å². The normalized spacial score (nSPS) is 12.6. The lowest BCUT2D eigenvalue weighted by Gasteiger charge is -2.29. The van der Waals surface area contributed by atoms with Gasteiger partial charge in [0.05, 0.1) is 0 Å². The number of carboxylic acids is 1. The summed E-state index contributed by atoms with van der Waals surface area (Å²) in [7, 11) is 1.51. The lowest BCUT2D eigenvalue weighted by molar-refractivity contribution is -0.141. The molecule has 20 heavy (non-hydrogen) atoms. The summed E-state index contributed by atoms with van der Waals surface area (Å²) in [6, 6.07) is 4.61. The lowest BCUT2D eigenvalue weighted by atomic mass is 9.87. The molecule has 1 unspecified atom stereocenters. The number of amides is 2. The number of hydrogen-bond donors (Lipinski definition) is 3. The van der Waals surface area contributed by atoms with Crippen molar-refractivity contribution in [3.8, 4) is 5.75 Å². The standard InChI is InChI=1S/C14H20N2O4/c1-14(2,3)11(12(18)19)15-13(20)16(4)9-6-5-7-10(17)8-9/h5-8,11,17H,1-4H3,(H,15,20)(H,18,19). The maximum atomic E-state index is 12.1. The summed E-state index contributed by atoms with van der Waals surface area (Å²) in [6.07, 6.45) is 0. The van der Waals surface area contributed by atoms with E-state index in [-0.39, 0.29) is 5.75 Å². The van der Waals surface area contributed by atoms with Gasteiger partial charge in [-0.05, 0) is 17.5 Å². The average Bonchev–Trinajstić information content (AvgIpc) is 2.32. The number of nitrogens with one attached hydrogen (secondary N) is 1. The van der Waals surface area contributed by atoms with E-state index in [1.165, 1.54) is 24.1 Å². The molecule has 0 saturated heterocycles. The fourth-order valence-electron chi connectivity index (χ4n) is 1.69. The average molecular weight is 280 g/mol. The van der Waals surface area contributed by atoms with Gasteiger partial charge in [0.2, 0.25) is 0 Å². The molecular formula is C14H20N2O4. The van der Waals surface area contributed by atoms with Gasteiger partial charge in [-0.15, -0.1) is 0 Å². The van der Waals surface area contributed by atoms with Crippen LogP contribution in [0.1, 0.15) is 20.8 Å². The third kappa shape index (κ3) is 3.88. The number of carboxylic acid groups (broad SMARTS) is 1. The molecule has 1 aromatic rings. The third-order valence-corrected chi connectivity index (χ3v) is 2.90. The molecule has 0 bridgehead atoms. The van der Waals surface area contributed by atoms with Crippen LogP contribution in [0.15, 0.2) is 24.3 Å². The number of phenolic OH excluding ortho intramolecular Hbond substituents is 1. The zero-order valence-electron chi connectivity index (χ0n) is 12.0. The van der Waals surface area contributed by atoms with Crippen molar-refractivity contribution in [2.45, 2.75) is 26.8 Å². The Hall–Kier alpha value is -2.24. The molecule has 0 aliphatic carbocycles. The van der Waals surface area contributed by atoms with Gasteiger partial charge < -0.3 is 15.5 Å². The summed E-state index contributed by atoms with van der Waals surface area (Å²) in [4.78, 5) is 24.6. The van der Waals surface area contributed by atoms with Crippen molar-refractivity contribution in [3.63, 3.8) is 0 Å². The predicted molar refractivity (Wildman–Crippen MR) is 75.9 cm³/mol. The number of hydrogen-bond acceptors (Lipinski definition) is 3. The van der Waals surface area contributed by atoms with E-state index >= 15 is 0 Å². The van der Waals surface area contributed by atoms with Crippen molar-refractivity contribution >= 4 is 17.7 Å². The first kappa shape index (κ1) is 15.8. The van der Waals surface area contributed by atoms with E-state index < -0.39 is 23.5 Å². The molecule has 0 heterocycles. The number of nitrogens with zero attached hydrogens (tertiary/aromatic N) is 1. The van der Waals surface area contributed by atoms with Crippen LogP contribution in [0.2, 0.25) is 0 Å². The summed E-state index contributed by atoms with van der Waals surface area (Å²) >= 11 is 0. The van der Waals surface area contributed by atoms with Crippen molar-refractivity contribution < 1.29 is 19.8 Å². The fraction of sp³-hybridized carbons (Fsp3) is 0.429. The van der Waals surface area contributed by atoms with Gasteiger partial charge in [-0.2, -0.15) is 0 Å². The van der Waals surface area contributed by atoms with Crippen LogP contribution in [0, 0.1) is 5.41 Å². The number of rotatable bonds is 3. The van der Waals surface area contributed by atoms with Gasteiger partial charge in [-0.1, -0.05) is 26.8 Å². The Morgan fingerprint density at radius 2 is 1.90 bits per heavy atom. The van der Waals surface area contributed by atoms with Crippen LogP contribution in [0.3, 0.4) is 0 Å². The number of phenols is 1. The van der Waals surface area contributed by atoms with E-state index in [0.717, 1.165) is 0 Å². The van der Waals surface area contributed by atoms with Crippen molar-refractivity contribution in [3.05, 3.63) is 24.3 Å². The molecular weight excluding hydrogens is 260 g/mol. The van der Waals surface area contributed by atoms with Crippen LogP contribution in [-0.2, 0) is 4.79 Å². The molecule has 2 amide bonds. The van der Waals surface area contributed by atoms with E-state index in [9.17, 15) is 19.8 Å². The highest BCUT2D eigenvalue weighted by Crippen LogP contribution is 2.22. The lowest BCUT2D eigenvalue weighted by Crippen LogP contribution is -2.52. The number of aliphatic carboxylic acids is 1. The Morgan fingerprint density at radius 1 is 1.30 bits per heavy atom. The second-order valence-corrected chi connectivity index (χ2v) is 5.67. The molecule has 6 heteroatoms. The zero-order chi connectivity index (χ0) is 15.5. The highest BCUT2D eigenvalue weighted by Gasteiger charge is 2.33. The van der Waals surface area contributed by atoms with E-state index in [2.05, 4.69) is 5.32 Å². The van der Waals surface area contributed by atoms with Gasteiger partial charge in [-0.25, -0.2) is 9.59 Å². The Labute approximate surface area is 118 Å². The summed E-state index contributed by atoms with van der Waals surface area (Å²) in [5.74, 6) is -1.05. The molecule has 3 N–H and O–H groups in total. The molecule has 6 nitrogen and oxygen atoms in total. The Morgan fingerprint density at radius 3 is 2.35 bits per heavy atom. The molecule has 1 rings (SSSR count). The first-order valence-corrected chi connectivity index (χ1v) is 6.19. The highest BCUT2D eigenvalue weighted by molar-refractivity contribution is 5.94. The van der Waals surface area contributed by atoms with E-state index in [1.807, 2.05) is 0 Å². The largest absolute Gasteiger partial charge is 0.508 e. The second kappa shape index (κ2) is 5.81. The van der Waals surface area contributed by atoms with Crippen LogP contribution < -0.4 is 10.2 Å². The fourth-order valence-corrected chi connectivity index (χ4v) is 1.69. The number of urea groups is 1. The minimum atomic E-state index is -1.09. The first-order chi connectivity index (χ1) is 9.12. The molecule has 0 fully saturated rings. The number of benzene rings is 1. The molecule has 1 aromatic carbocycles. The van der Waals surface area contributed by atoms with Crippen molar-refractivity contribution in [2.75, 3.05) is 11.9 Å². The number of carbonyl (C=O) groups excluding carboxylic acids is 1. The Bertz CT molecular complexity index is 508. The molecule has 0 saturated carbocycles. The quantitative estimate of drug-likeness (QED) is 0.790. The van der Waals surface area contributed by atoms with Crippen LogP contribution in [-0.4, -0.2) is 35.3 Å². The van der Waals surface area contributed by atoms with Crippen molar-refractivity contribution in [2.24, 2.45) is 5.41 Å². The highest BCUT2D eigenvalue weighted by atomic mass is 16.4. The molecule has 0 spiro atoms. The Balaban J connectivity index is 2.87. The monoisotopic (exact) mass is 280 g/mol. The minimum Gasteiger partial charge on any atom is -0.508 e. The first-order valence-electron chi connectivity index (χ1n) is 6.19. The molecule has 0 aliphatic rings. The van der Waals surface area contributed by atoms with Crippen molar-refractivity contribution in [1.29, 1.82) is 0 Å². The molecule has 0 aliphatic heterocycles. The van der Waals surface area contributed by atoms with Crippen LogP contribution in [0.25, 0.3) is 0 Å². The topological polar surface area (TPSA) is 89.9 Å². The maximum absolute atomic E-state index is 12.1. The van der Waals surface area contributed by atoms with Gasteiger partial charge in [0.25, 0.3) is 0 Å². The van der Waals surface area contributed by atoms with Gasteiger partial charge in [0.1, 0.15) is 11.8 Å². The summed E-state index contributed by atoms with van der Waals surface area (Å²) < 4.78 is 0. The molecule has 0 radical (unpaired) electrons. The summed E-state index contributed by atoms with van der Waals surface area (Å²) in [6.45, 7) is 5.21. The van der Waals surface area contributed by atoms with Crippen molar-refractivity contribution in [1.82, 2.24) is 5.32 Å². The van der Waals surface area contributed by atoms with Gasteiger partial charge >= 0.3 is 12.0 Å². The molecule has 0 aromatic heterocycles.